The van der Waals surface area contributed by atoms with Gasteiger partial charge in [0.05, 0.1) is 16.9 Å². The van der Waals surface area contributed by atoms with Crippen molar-refractivity contribution in [1.29, 1.82) is 0 Å². The van der Waals surface area contributed by atoms with Crippen LogP contribution in [0.25, 0.3) is 38.9 Å². The second kappa shape index (κ2) is 9.09. The summed E-state index contributed by atoms with van der Waals surface area (Å²) in [5.74, 6) is 0.223. The lowest BCUT2D eigenvalue weighted by Crippen LogP contribution is -2.11. The number of aromatic hydroxyl groups is 1. The molecule has 0 saturated carbocycles. The molecular weight excluding hydrogens is 474 g/mol. The highest BCUT2D eigenvalue weighted by Gasteiger charge is 2.19. The largest absolute Gasteiger partial charge is 0.506 e. The van der Waals surface area contributed by atoms with Crippen molar-refractivity contribution in [2.45, 2.75) is 36.1 Å². The number of pyridine rings is 2. The Labute approximate surface area is 220 Å². The molecular formula is C32H27N3OS. The Morgan fingerprint density at radius 3 is 2.35 bits per heavy atom. The standard InChI is InChI=1S/C32H27N3OS/c1-32(2,3)22-18-21(19-23(20-22)37-30-14-8-9-17-33-30)26-16-15-25-24-10-4-5-11-27(24)35(31(25)34-26)28-12-6-7-13-29(28)36/h4-20,36H,1-3H3. The van der Waals surface area contributed by atoms with Gasteiger partial charge in [0.1, 0.15) is 16.4 Å². The fourth-order valence-electron chi connectivity index (χ4n) is 4.66. The van der Waals surface area contributed by atoms with Gasteiger partial charge in [0.2, 0.25) is 0 Å². The first kappa shape index (κ1) is 23.3. The third kappa shape index (κ3) is 4.36. The molecule has 1 N–H and O–H groups in total. The van der Waals surface area contributed by atoms with Crippen LogP contribution in [0.1, 0.15) is 26.3 Å². The van der Waals surface area contributed by atoms with Gasteiger partial charge in [-0.1, -0.05) is 68.9 Å². The lowest BCUT2D eigenvalue weighted by molar-refractivity contribution is 0.473. The van der Waals surface area contributed by atoms with Gasteiger partial charge in [0.25, 0.3) is 0 Å². The van der Waals surface area contributed by atoms with E-state index >= 15 is 0 Å². The Hall–Kier alpha value is -4.09. The van der Waals surface area contributed by atoms with Crippen molar-refractivity contribution in [3.8, 4) is 22.7 Å². The Kier molecular flexibility index (Phi) is 5.73. The topological polar surface area (TPSA) is 50.9 Å². The monoisotopic (exact) mass is 501 g/mol. The normalized spacial score (nSPS) is 11.9. The van der Waals surface area contributed by atoms with E-state index in [2.05, 4.69) is 72.8 Å². The van der Waals surface area contributed by atoms with Gasteiger partial charge in [-0.2, -0.15) is 0 Å². The number of fused-ring (bicyclic) bond motifs is 3. The third-order valence-electron chi connectivity index (χ3n) is 6.57. The quantitative estimate of drug-likeness (QED) is 0.263. The van der Waals surface area contributed by atoms with Gasteiger partial charge in [-0.3, -0.25) is 4.57 Å². The van der Waals surface area contributed by atoms with E-state index in [4.69, 9.17) is 4.98 Å². The summed E-state index contributed by atoms with van der Waals surface area (Å²) >= 11 is 1.66. The molecule has 0 radical (unpaired) electrons. The van der Waals surface area contributed by atoms with E-state index in [0.717, 1.165) is 43.1 Å². The molecule has 0 spiro atoms. The molecule has 0 atom stereocenters. The van der Waals surface area contributed by atoms with Crippen molar-refractivity contribution >= 4 is 33.7 Å². The minimum atomic E-state index is -0.0235. The fourth-order valence-corrected chi connectivity index (χ4v) is 5.54. The maximum atomic E-state index is 10.7. The van der Waals surface area contributed by atoms with Crippen LogP contribution < -0.4 is 0 Å². The fraction of sp³-hybridized carbons (Fsp3) is 0.125. The van der Waals surface area contributed by atoms with Gasteiger partial charge in [-0.15, -0.1) is 0 Å². The zero-order valence-electron chi connectivity index (χ0n) is 21.0. The summed E-state index contributed by atoms with van der Waals surface area (Å²) in [5, 5.41) is 13.9. The minimum absolute atomic E-state index is 0.0235. The molecule has 6 rings (SSSR count). The minimum Gasteiger partial charge on any atom is -0.506 e. The van der Waals surface area contributed by atoms with Crippen LogP contribution in [0.3, 0.4) is 0 Å². The summed E-state index contributed by atoms with van der Waals surface area (Å²) in [6.07, 6.45) is 1.82. The van der Waals surface area contributed by atoms with Gasteiger partial charge in [-0.25, -0.2) is 9.97 Å². The third-order valence-corrected chi connectivity index (χ3v) is 7.50. The summed E-state index contributed by atoms with van der Waals surface area (Å²) in [6.45, 7) is 6.69. The van der Waals surface area contributed by atoms with Crippen LogP contribution in [-0.2, 0) is 5.41 Å². The zero-order chi connectivity index (χ0) is 25.6. The molecule has 0 saturated heterocycles. The summed E-state index contributed by atoms with van der Waals surface area (Å²) in [5.41, 5.74) is 5.71. The molecule has 5 heteroatoms. The van der Waals surface area contributed by atoms with Crippen LogP contribution in [0.15, 0.2) is 113 Å². The number of hydrogen-bond acceptors (Lipinski definition) is 4. The van der Waals surface area contributed by atoms with E-state index in [1.54, 1.807) is 17.8 Å². The summed E-state index contributed by atoms with van der Waals surface area (Å²) in [4.78, 5) is 10.8. The highest BCUT2D eigenvalue weighted by atomic mass is 32.2. The molecule has 4 nitrogen and oxygen atoms in total. The molecule has 0 bridgehead atoms. The maximum absolute atomic E-state index is 10.7. The molecule has 37 heavy (non-hydrogen) atoms. The summed E-state index contributed by atoms with van der Waals surface area (Å²) in [7, 11) is 0. The number of para-hydroxylation sites is 3. The first-order chi connectivity index (χ1) is 17.9. The van der Waals surface area contributed by atoms with Crippen LogP contribution in [-0.4, -0.2) is 19.6 Å². The molecule has 6 aromatic rings. The van der Waals surface area contributed by atoms with Gasteiger partial charge < -0.3 is 5.11 Å². The van der Waals surface area contributed by atoms with Gasteiger partial charge >= 0.3 is 0 Å². The van der Waals surface area contributed by atoms with Crippen molar-refractivity contribution in [3.05, 3.63) is 109 Å². The molecule has 0 fully saturated rings. The molecule has 0 unspecified atom stereocenters. The smallest absolute Gasteiger partial charge is 0.146 e. The Balaban J connectivity index is 1.57. The predicted octanol–water partition coefficient (Wildman–Crippen LogP) is 8.40. The van der Waals surface area contributed by atoms with Crippen molar-refractivity contribution in [2.24, 2.45) is 0 Å². The van der Waals surface area contributed by atoms with Crippen LogP contribution in [0, 0.1) is 0 Å². The van der Waals surface area contributed by atoms with Gasteiger partial charge in [-0.05, 0) is 71.6 Å². The van der Waals surface area contributed by atoms with Gasteiger partial charge in [0, 0.05) is 27.4 Å². The average molecular weight is 502 g/mol. The molecule has 182 valence electrons. The number of rotatable bonds is 4. The maximum Gasteiger partial charge on any atom is 0.146 e. The Bertz CT molecular complexity index is 1750. The number of nitrogens with zero attached hydrogens (tertiary/aromatic N) is 3. The van der Waals surface area contributed by atoms with Crippen molar-refractivity contribution in [3.63, 3.8) is 0 Å². The van der Waals surface area contributed by atoms with E-state index in [-0.39, 0.29) is 11.2 Å². The van der Waals surface area contributed by atoms with E-state index in [1.165, 1.54) is 5.56 Å². The Morgan fingerprint density at radius 2 is 1.57 bits per heavy atom. The lowest BCUT2D eigenvalue weighted by Gasteiger charge is -2.21. The van der Waals surface area contributed by atoms with Crippen LogP contribution in [0.2, 0.25) is 0 Å². The molecule has 3 aromatic heterocycles. The molecule has 0 aliphatic rings. The predicted molar refractivity (Wildman–Crippen MR) is 153 cm³/mol. The highest BCUT2D eigenvalue weighted by Crippen LogP contribution is 2.38. The molecule has 0 aliphatic heterocycles. The first-order valence-electron chi connectivity index (χ1n) is 12.3. The second-order valence-corrected chi connectivity index (χ2v) is 11.3. The zero-order valence-corrected chi connectivity index (χ0v) is 21.8. The van der Waals surface area contributed by atoms with E-state index in [0.29, 0.717) is 5.69 Å². The summed E-state index contributed by atoms with van der Waals surface area (Å²) < 4.78 is 2.06. The van der Waals surface area contributed by atoms with Crippen LogP contribution >= 0.6 is 11.8 Å². The van der Waals surface area contributed by atoms with E-state index in [9.17, 15) is 5.11 Å². The van der Waals surface area contributed by atoms with Crippen LogP contribution in [0.4, 0.5) is 0 Å². The molecule has 3 heterocycles. The van der Waals surface area contributed by atoms with Crippen molar-refractivity contribution < 1.29 is 5.11 Å². The molecule has 0 amide bonds. The van der Waals surface area contributed by atoms with E-state index in [1.807, 2.05) is 54.7 Å². The van der Waals surface area contributed by atoms with E-state index < -0.39 is 0 Å². The number of aromatic nitrogens is 3. The number of hydrogen-bond donors (Lipinski definition) is 1. The molecule has 0 aliphatic carbocycles. The van der Waals surface area contributed by atoms with Crippen molar-refractivity contribution in [2.75, 3.05) is 0 Å². The number of phenolic OH excluding ortho intramolecular Hbond substituents is 1. The van der Waals surface area contributed by atoms with Gasteiger partial charge in [0.15, 0.2) is 0 Å². The second-order valence-electron chi connectivity index (χ2n) is 10.2. The lowest BCUT2D eigenvalue weighted by atomic mass is 9.86. The Morgan fingerprint density at radius 1 is 0.784 bits per heavy atom. The van der Waals surface area contributed by atoms with Crippen LogP contribution in [0.5, 0.6) is 5.75 Å². The highest BCUT2D eigenvalue weighted by molar-refractivity contribution is 7.99. The summed E-state index contributed by atoms with van der Waals surface area (Å²) in [6, 6.07) is 32.6. The number of benzene rings is 3. The SMILES string of the molecule is CC(C)(C)c1cc(Sc2ccccn2)cc(-c2ccc3c4ccccc4n(-c4ccccc4O)c3n2)c1. The molecule has 3 aromatic carbocycles. The average Bonchev–Trinajstić information content (AvgIpc) is 3.22. The van der Waals surface area contributed by atoms with Crippen molar-refractivity contribution in [1.82, 2.24) is 14.5 Å². The first-order valence-corrected chi connectivity index (χ1v) is 13.1. The number of phenols is 1.